The Morgan fingerprint density at radius 3 is 2.23 bits per heavy atom. The first kappa shape index (κ1) is 17.8. The summed E-state index contributed by atoms with van der Waals surface area (Å²) in [5, 5.41) is 6.04. The molecule has 4 nitrogen and oxygen atoms in total. The molecule has 0 atom stereocenters. The topological polar surface area (TPSA) is 58.2 Å². The predicted molar refractivity (Wildman–Crippen MR) is 102 cm³/mol. The molecule has 1 aromatic carbocycles. The van der Waals surface area contributed by atoms with Gasteiger partial charge in [-0.15, -0.1) is 0 Å². The third kappa shape index (κ3) is 3.75. The highest BCUT2D eigenvalue weighted by Gasteiger charge is 2.50. The van der Waals surface area contributed by atoms with Gasteiger partial charge in [0.1, 0.15) is 0 Å². The molecule has 5 heteroatoms. The molecule has 2 amide bonds. The standard InChI is InChI=1S/C21H27ClN2O2/c22-18-4-2-1-3-17(18)20(26)24-13-19(25)23-6-5-21-10-14-7-15(11-21)9-16(8-14)12-21/h1-4,14-16H,5-13H2,(H,23,25)(H,24,26). The Hall–Kier alpha value is -1.55. The van der Waals surface area contributed by atoms with Crippen molar-refractivity contribution in [1.82, 2.24) is 10.6 Å². The molecule has 26 heavy (non-hydrogen) atoms. The zero-order valence-corrected chi connectivity index (χ0v) is 15.9. The van der Waals surface area contributed by atoms with E-state index in [1.54, 1.807) is 24.3 Å². The second-order valence-corrected chi connectivity index (χ2v) is 9.09. The highest BCUT2D eigenvalue weighted by molar-refractivity contribution is 6.33. The van der Waals surface area contributed by atoms with Gasteiger partial charge in [-0.05, 0) is 80.2 Å². The van der Waals surface area contributed by atoms with Crippen LogP contribution in [-0.4, -0.2) is 24.9 Å². The first-order chi connectivity index (χ1) is 12.5. The molecule has 0 saturated heterocycles. The lowest BCUT2D eigenvalue weighted by atomic mass is 9.49. The molecule has 2 N–H and O–H groups in total. The van der Waals surface area contributed by atoms with Gasteiger partial charge in [-0.2, -0.15) is 0 Å². The first-order valence-electron chi connectivity index (χ1n) is 9.82. The van der Waals surface area contributed by atoms with Gasteiger partial charge in [0.25, 0.3) is 5.91 Å². The van der Waals surface area contributed by atoms with E-state index in [-0.39, 0.29) is 18.4 Å². The average molecular weight is 375 g/mol. The number of rotatable bonds is 6. The van der Waals surface area contributed by atoms with Crippen LogP contribution in [-0.2, 0) is 4.79 Å². The zero-order valence-electron chi connectivity index (χ0n) is 15.1. The van der Waals surface area contributed by atoms with Crippen molar-refractivity contribution < 1.29 is 9.59 Å². The lowest BCUT2D eigenvalue weighted by molar-refractivity contribution is -0.120. The fourth-order valence-electron chi connectivity index (χ4n) is 6.03. The van der Waals surface area contributed by atoms with E-state index in [4.69, 9.17) is 11.6 Å². The highest BCUT2D eigenvalue weighted by Crippen LogP contribution is 2.61. The molecule has 1 aromatic rings. The molecule has 4 fully saturated rings. The van der Waals surface area contributed by atoms with Gasteiger partial charge in [-0.3, -0.25) is 9.59 Å². The minimum Gasteiger partial charge on any atom is -0.355 e. The van der Waals surface area contributed by atoms with Crippen LogP contribution in [0.3, 0.4) is 0 Å². The molecule has 0 aromatic heterocycles. The van der Waals surface area contributed by atoms with Gasteiger partial charge in [-0.25, -0.2) is 0 Å². The Morgan fingerprint density at radius 1 is 1.00 bits per heavy atom. The average Bonchev–Trinajstić information content (AvgIpc) is 2.59. The molecule has 140 valence electrons. The van der Waals surface area contributed by atoms with Crippen molar-refractivity contribution in [3.63, 3.8) is 0 Å². The van der Waals surface area contributed by atoms with Gasteiger partial charge in [0.2, 0.25) is 5.91 Å². The lowest BCUT2D eigenvalue weighted by Crippen LogP contribution is -2.47. The van der Waals surface area contributed by atoms with E-state index in [1.165, 1.54) is 38.5 Å². The minimum atomic E-state index is -0.313. The summed E-state index contributed by atoms with van der Waals surface area (Å²) in [6.45, 7) is 0.706. The van der Waals surface area contributed by atoms with Crippen molar-refractivity contribution in [1.29, 1.82) is 0 Å². The first-order valence-corrected chi connectivity index (χ1v) is 10.2. The van der Waals surface area contributed by atoms with Gasteiger partial charge < -0.3 is 10.6 Å². The summed E-state index contributed by atoms with van der Waals surface area (Å²) in [4.78, 5) is 24.2. The van der Waals surface area contributed by atoms with Crippen molar-refractivity contribution in [3.8, 4) is 0 Å². The van der Waals surface area contributed by atoms with Gasteiger partial charge in [0, 0.05) is 6.54 Å². The maximum Gasteiger partial charge on any atom is 0.253 e. The van der Waals surface area contributed by atoms with Crippen LogP contribution in [0.5, 0.6) is 0 Å². The van der Waals surface area contributed by atoms with E-state index in [1.807, 2.05) is 0 Å². The van der Waals surface area contributed by atoms with Crippen LogP contribution in [0.15, 0.2) is 24.3 Å². The summed E-state index contributed by atoms with van der Waals surface area (Å²) in [6.07, 6.45) is 9.49. The fourth-order valence-corrected chi connectivity index (χ4v) is 6.25. The largest absolute Gasteiger partial charge is 0.355 e. The summed E-state index contributed by atoms with van der Waals surface area (Å²) >= 11 is 6.01. The van der Waals surface area contributed by atoms with Crippen molar-refractivity contribution in [3.05, 3.63) is 34.9 Å². The van der Waals surface area contributed by atoms with E-state index < -0.39 is 0 Å². The number of carbonyl (C=O) groups excluding carboxylic acids is 2. The molecular formula is C21H27ClN2O2. The second kappa shape index (κ2) is 7.22. The molecule has 0 heterocycles. The Kier molecular flexibility index (Phi) is 4.96. The van der Waals surface area contributed by atoms with E-state index in [2.05, 4.69) is 10.6 Å². The van der Waals surface area contributed by atoms with Crippen LogP contribution in [0.1, 0.15) is 55.3 Å². The Labute approximate surface area is 160 Å². The monoisotopic (exact) mass is 374 g/mol. The number of hydrogen-bond acceptors (Lipinski definition) is 2. The maximum absolute atomic E-state index is 12.1. The van der Waals surface area contributed by atoms with E-state index in [9.17, 15) is 9.59 Å². The van der Waals surface area contributed by atoms with E-state index in [0.717, 1.165) is 24.2 Å². The summed E-state index contributed by atoms with van der Waals surface area (Å²) in [5.74, 6) is 2.37. The summed E-state index contributed by atoms with van der Waals surface area (Å²) in [7, 11) is 0. The van der Waals surface area contributed by atoms with E-state index >= 15 is 0 Å². The molecular weight excluding hydrogens is 348 g/mol. The van der Waals surface area contributed by atoms with Crippen LogP contribution < -0.4 is 10.6 Å². The maximum atomic E-state index is 12.1. The van der Waals surface area contributed by atoms with Crippen molar-refractivity contribution >= 4 is 23.4 Å². The van der Waals surface area contributed by atoms with Crippen LogP contribution >= 0.6 is 11.6 Å². The van der Waals surface area contributed by atoms with Crippen molar-refractivity contribution in [2.45, 2.75) is 44.9 Å². The second-order valence-electron chi connectivity index (χ2n) is 8.68. The van der Waals surface area contributed by atoms with Crippen molar-refractivity contribution in [2.24, 2.45) is 23.2 Å². The quantitative estimate of drug-likeness (QED) is 0.795. The Morgan fingerprint density at radius 2 is 1.62 bits per heavy atom. The van der Waals surface area contributed by atoms with Crippen LogP contribution in [0.4, 0.5) is 0 Å². The normalized spacial score (nSPS) is 31.7. The minimum absolute atomic E-state index is 0.00900. The summed E-state index contributed by atoms with van der Waals surface area (Å²) in [6, 6.07) is 6.85. The molecule has 5 rings (SSSR count). The molecule has 4 aliphatic carbocycles. The number of benzene rings is 1. The molecule has 0 radical (unpaired) electrons. The Bertz CT molecular complexity index is 668. The SMILES string of the molecule is O=C(CNC(=O)c1ccccc1Cl)NCCC12CC3CC(CC(C3)C1)C2. The molecule has 4 aliphatic rings. The van der Waals surface area contributed by atoms with Gasteiger partial charge >= 0.3 is 0 Å². The zero-order chi connectivity index (χ0) is 18.1. The van der Waals surface area contributed by atoms with Crippen LogP contribution in [0.25, 0.3) is 0 Å². The molecule has 4 bridgehead atoms. The molecule has 4 saturated carbocycles. The summed E-state index contributed by atoms with van der Waals surface area (Å²) < 4.78 is 0. The van der Waals surface area contributed by atoms with Gasteiger partial charge in [0.05, 0.1) is 17.1 Å². The number of carbonyl (C=O) groups is 2. The lowest BCUT2D eigenvalue weighted by Gasteiger charge is -2.57. The third-order valence-electron chi connectivity index (χ3n) is 6.67. The predicted octanol–water partition coefficient (Wildman–Crippen LogP) is 3.79. The number of nitrogens with one attached hydrogen (secondary N) is 2. The van der Waals surface area contributed by atoms with Gasteiger partial charge in [0.15, 0.2) is 0 Å². The molecule has 0 aliphatic heterocycles. The molecule has 0 spiro atoms. The molecule has 0 unspecified atom stereocenters. The number of halogens is 1. The van der Waals surface area contributed by atoms with Crippen LogP contribution in [0, 0.1) is 23.2 Å². The smallest absolute Gasteiger partial charge is 0.253 e. The number of hydrogen-bond donors (Lipinski definition) is 2. The fraction of sp³-hybridized carbons (Fsp3) is 0.619. The number of amides is 2. The van der Waals surface area contributed by atoms with Crippen molar-refractivity contribution in [2.75, 3.05) is 13.1 Å². The summed E-state index contributed by atoms with van der Waals surface area (Å²) in [5.41, 5.74) is 0.874. The third-order valence-corrected chi connectivity index (χ3v) is 7.00. The van der Waals surface area contributed by atoms with E-state index in [0.29, 0.717) is 22.5 Å². The van der Waals surface area contributed by atoms with Gasteiger partial charge in [-0.1, -0.05) is 23.7 Å². The highest BCUT2D eigenvalue weighted by atomic mass is 35.5. The van der Waals surface area contributed by atoms with Crippen LogP contribution in [0.2, 0.25) is 5.02 Å². The Balaban J connectivity index is 1.21.